The van der Waals surface area contributed by atoms with E-state index in [9.17, 15) is 0 Å². The molecule has 2 aliphatic carbocycles. The highest BCUT2D eigenvalue weighted by Crippen LogP contribution is 2.36. The quantitative estimate of drug-likeness (QED) is 0.508. The molecule has 0 radical (unpaired) electrons. The van der Waals surface area contributed by atoms with E-state index in [1.807, 2.05) is 17.5 Å². The van der Waals surface area contributed by atoms with Gasteiger partial charge >= 0.3 is 0 Å². The number of ether oxygens (including phenoxy) is 2. The van der Waals surface area contributed by atoms with Crippen molar-refractivity contribution in [2.24, 2.45) is 0 Å². The Morgan fingerprint density at radius 3 is 2.30 bits per heavy atom. The van der Waals surface area contributed by atoms with Gasteiger partial charge in [-0.15, -0.1) is 11.3 Å². The zero-order chi connectivity index (χ0) is 18.9. The summed E-state index contributed by atoms with van der Waals surface area (Å²) in [6, 6.07) is 0. The average molecular weight is 395 g/mol. The van der Waals surface area contributed by atoms with Gasteiger partial charge in [-0.2, -0.15) is 0 Å². The van der Waals surface area contributed by atoms with E-state index in [1.165, 1.54) is 69.3 Å². The van der Waals surface area contributed by atoms with Crippen LogP contribution in [0.25, 0.3) is 0 Å². The third-order valence-electron chi connectivity index (χ3n) is 6.12. The number of rotatable bonds is 10. The first-order valence-electron chi connectivity index (χ1n) is 11.1. The fourth-order valence-electron chi connectivity index (χ4n) is 4.57. The first-order valence-corrected chi connectivity index (χ1v) is 12.0. The van der Waals surface area contributed by atoms with Crippen LogP contribution >= 0.6 is 11.3 Å². The molecule has 2 saturated carbocycles. The molecule has 0 amide bonds. The monoisotopic (exact) mass is 394 g/mol. The van der Waals surface area contributed by atoms with Crippen molar-refractivity contribution in [1.29, 1.82) is 0 Å². The molecule has 4 nitrogen and oxygen atoms in total. The van der Waals surface area contributed by atoms with Gasteiger partial charge in [0.25, 0.3) is 0 Å². The zero-order valence-electron chi connectivity index (χ0n) is 17.3. The van der Waals surface area contributed by atoms with Gasteiger partial charge in [0, 0.05) is 30.6 Å². The van der Waals surface area contributed by atoms with Crippen molar-refractivity contribution >= 4 is 11.3 Å². The van der Waals surface area contributed by atoms with Crippen molar-refractivity contribution in [1.82, 2.24) is 9.88 Å². The number of hydrogen-bond donors (Lipinski definition) is 0. The molecular formula is C22H38N2O2S. The van der Waals surface area contributed by atoms with Crippen molar-refractivity contribution in [2.45, 2.75) is 95.4 Å². The number of aromatic nitrogens is 1. The summed E-state index contributed by atoms with van der Waals surface area (Å²) in [7, 11) is 2.20. The molecule has 0 saturated heterocycles. The maximum absolute atomic E-state index is 6.45. The summed E-state index contributed by atoms with van der Waals surface area (Å²) in [5, 5.41) is 3.43. The van der Waals surface area contributed by atoms with Crippen LogP contribution in [0.2, 0.25) is 0 Å². The van der Waals surface area contributed by atoms with Gasteiger partial charge in [0.1, 0.15) is 0 Å². The second-order valence-electron chi connectivity index (χ2n) is 8.41. The van der Waals surface area contributed by atoms with Crippen LogP contribution < -0.4 is 0 Å². The van der Waals surface area contributed by atoms with E-state index in [0.717, 1.165) is 19.6 Å². The van der Waals surface area contributed by atoms with Gasteiger partial charge in [0.05, 0.1) is 23.3 Å². The third-order valence-corrected chi connectivity index (χ3v) is 7.06. The van der Waals surface area contributed by atoms with Crippen LogP contribution in [0.1, 0.15) is 82.1 Å². The van der Waals surface area contributed by atoms with E-state index in [4.69, 9.17) is 9.47 Å². The summed E-state index contributed by atoms with van der Waals surface area (Å²) in [5.41, 5.74) is 0. The van der Waals surface area contributed by atoms with Gasteiger partial charge in [-0.05, 0) is 77.8 Å². The van der Waals surface area contributed by atoms with Crippen molar-refractivity contribution in [3.8, 4) is 0 Å². The summed E-state index contributed by atoms with van der Waals surface area (Å²) < 4.78 is 12.6. The largest absolute Gasteiger partial charge is 0.378 e. The lowest BCUT2D eigenvalue weighted by atomic mass is 9.87. The molecule has 2 aliphatic rings. The molecule has 1 aromatic rings. The Kier molecular flexibility index (Phi) is 9.04. The van der Waals surface area contributed by atoms with Crippen LogP contribution in [0.4, 0.5) is 0 Å². The Morgan fingerprint density at radius 1 is 1.00 bits per heavy atom. The lowest BCUT2D eigenvalue weighted by Crippen LogP contribution is -2.32. The van der Waals surface area contributed by atoms with Crippen molar-refractivity contribution in [3.05, 3.63) is 16.6 Å². The summed E-state index contributed by atoms with van der Waals surface area (Å²) >= 11 is 1.81. The van der Waals surface area contributed by atoms with Gasteiger partial charge in [0.2, 0.25) is 0 Å². The summed E-state index contributed by atoms with van der Waals surface area (Å²) in [5.74, 6) is 0.672. The van der Waals surface area contributed by atoms with Crippen LogP contribution in [-0.2, 0) is 9.47 Å². The Hall–Kier alpha value is -0.490. The maximum atomic E-state index is 6.45. The molecule has 0 aliphatic heterocycles. The van der Waals surface area contributed by atoms with Gasteiger partial charge < -0.3 is 14.4 Å². The molecule has 0 N–H and O–H groups in total. The molecule has 0 spiro atoms. The highest BCUT2D eigenvalue weighted by atomic mass is 32.1. The molecule has 2 fully saturated rings. The fraction of sp³-hybridized carbons (Fsp3) is 0.864. The predicted molar refractivity (Wildman–Crippen MR) is 113 cm³/mol. The standard InChI is InChI=1S/C22H38N2O2S/c1-3-14-24(2)15-4-16-25-19-9-11-21(12-10-19)26-20-7-5-18(6-8-20)22-23-13-17-27-22/h13,17-21H,3-12,14-16H2,1-2H3. The second-order valence-corrected chi connectivity index (χ2v) is 9.33. The molecular weight excluding hydrogens is 356 g/mol. The molecule has 5 heteroatoms. The van der Waals surface area contributed by atoms with E-state index in [1.54, 1.807) is 0 Å². The van der Waals surface area contributed by atoms with E-state index in [-0.39, 0.29) is 0 Å². The lowest BCUT2D eigenvalue weighted by molar-refractivity contribution is -0.0733. The smallest absolute Gasteiger partial charge is 0.0955 e. The van der Waals surface area contributed by atoms with Gasteiger partial charge in [-0.1, -0.05) is 6.92 Å². The van der Waals surface area contributed by atoms with Crippen LogP contribution in [0.15, 0.2) is 11.6 Å². The van der Waals surface area contributed by atoms with E-state index in [0.29, 0.717) is 24.2 Å². The van der Waals surface area contributed by atoms with Crippen LogP contribution in [-0.4, -0.2) is 54.9 Å². The molecule has 3 rings (SSSR count). The molecule has 0 atom stereocenters. The first kappa shape index (κ1) is 21.2. The number of hydrogen-bond acceptors (Lipinski definition) is 5. The fourth-order valence-corrected chi connectivity index (χ4v) is 5.38. The molecule has 1 heterocycles. The summed E-state index contributed by atoms with van der Waals surface area (Å²) in [6.45, 7) is 5.48. The van der Waals surface area contributed by atoms with Crippen molar-refractivity contribution in [3.63, 3.8) is 0 Å². The molecule has 0 aromatic carbocycles. The van der Waals surface area contributed by atoms with Gasteiger partial charge in [0.15, 0.2) is 0 Å². The highest BCUT2D eigenvalue weighted by molar-refractivity contribution is 7.09. The average Bonchev–Trinajstić information content (AvgIpc) is 3.22. The topological polar surface area (TPSA) is 34.6 Å². The normalized spacial score (nSPS) is 29.3. The van der Waals surface area contributed by atoms with Crippen LogP contribution in [0.5, 0.6) is 0 Å². The predicted octanol–water partition coefficient (Wildman–Crippen LogP) is 5.25. The maximum Gasteiger partial charge on any atom is 0.0955 e. The van der Waals surface area contributed by atoms with Gasteiger partial charge in [-0.3, -0.25) is 0 Å². The molecule has 154 valence electrons. The summed E-state index contributed by atoms with van der Waals surface area (Å²) in [6.07, 6.45) is 15.3. The van der Waals surface area contributed by atoms with E-state index >= 15 is 0 Å². The Balaban J connectivity index is 1.25. The summed E-state index contributed by atoms with van der Waals surface area (Å²) in [4.78, 5) is 6.90. The zero-order valence-corrected chi connectivity index (χ0v) is 18.1. The Bertz CT molecular complexity index is 494. The molecule has 27 heavy (non-hydrogen) atoms. The second kappa shape index (κ2) is 11.5. The third kappa shape index (κ3) is 7.12. The van der Waals surface area contributed by atoms with Crippen molar-refractivity contribution < 1.29 is 9.47 Å². The van der Waals surface area contributed by atoms with Crippen molar-refractivity contribution in [2.75, 3.05) is 26.7 Å². The minimum absolute atomic E-state index is 0.460. The molecule has 1 aromatic heterocycles. The number of thiazole rings is 1. The minimum Gasteiger partial charge on any atom is -0.378 e. The minimum atomic E-state index is 0.460. The first-order chi connectivity index (χ1) is 13.2. The number of nitrogens with zero attached hydrogens (tertiary/aromatic N) is 2. The van der Waals surface area contributed by atoms with Crippen LogP contribution in [0, 0.1) is 0 Å². The van der Waals surface area contributed by atoms with Crippen LogP contribution in [0.3, 0.4) is 0 Å². The van der Waals surface area contributed by atoms with E-state index < -0.39 is 0 Å². The SMILES string of the molecule is CCCN(C)CCCOC1CCC(OC2CCC(c3nccs3)CC2)CC1. The lowest BCUT2D eigenvalue weighted by Gasteiger charge is -2.34. The van der Waals surface area contributed by atoms with Gasteiger partial charge in [-0.25, -0.2) is 4.98 Å². The highest BCUT2D eigenvalue weighted by Gasteiger charge is 2.28. The van der Waals surface area contributed by atoms with E-state index in [2.05, 4.69) is 29.2 Å². The molecule has 0 unspecified atom stereocenters. The molecule has 0 bridgehead atoms. The Labute approximate surface area is 169 Å². The Morgan fingerprint density at radius 2 is 1.67 bits per heavy atom.